The summed E-state index contributed by atoms with van der Waals surface area (Å²) in [6.45, 7) is 5.37. The molecule has 0 saturated carbocycles. The van der Waals surface area contributed by atoms with E-state index in [1.165, 1.54) is 0 Å². The van der Waals surface area contributed by atoms with Crippen LogP contribution in [0.2, 0.25) is 0 Å². The van der Waals surface area contributed by atoms with Crippen molar-refractivity contribution in [1.29, 1.82) is 0 Å². The van der Waals surface area contributed by atoms with Crippen molar-refractivity contribution < 1.29 is 4.79 Å². The molecule has 0 aromatic heterocycles. The highest BCUT2D eigenvalue weighted by atomic mass is 16.1. The van der Waals surface area contributed by atoms with Gasteiger partial charge in [-0.25, -0.2) is 0 Å². The normalized spacial score (nSPS) is 11.3. The van der Waals surface area contributed by atoms with E-state index in [-0.39, 0.29) is 5.78 Å². The number of ketones is 1. The van der Waals surface area contributed by atoms with Gasteiger partial charge in [0.2, 0.25) is 0 Å². The Bertz CT molecular complexity index is 329. The van der Waals surface area contributed by atoms with Crippen molar-refractivity contribution in [1.82, 2.24) is 0 Å². The fourth-order valence-corrected chi connectivity index (χ4v) is 1.26. The first kappa shape index (κ1) is 9.78. The molecule has 0 aliphatic carbocycles. The maximum Gasteiger partial charge on any atom is 0.139 e. The molecule has 0 aliphatic rings. The minimum Gasteiger partial charge on any atom is -0.398 e. The van der Waals surface area contributed by atoms with Crippen molar-refractivity contribution >= 4 is 11.5 Å². The number of carbonyl (C=O) groups is 1. The molecule has 0 atom stereocenters. The molecule has 0 aliphatic heterocycles. The summed E-state index contributed by atoms with van der Waals surface area (Å²) >= 11 is 0. The van der Waals surface area contributed by atoms with E-state index in [1.807, 2.05) is 38.1 Å². The highest BCUT2D eigenvalue weighted by Gasteiger charge is 2.27. The minimum atomic E-state index is -0.481. The smallest absolute Gasteiger partial charge is 0.139 e. The molecule has 70 valence electrons. The minimum absolute atomic E-state index is 0.130. The highest BCUT2D eigenvalue weighted by molar-refractivity contribution is 5.88. The Balaban J connectivity index is 3.22. The predicted octanol–water partition coefficient (Wildman–Crippen LogP) is 2.14. The van der Waals surface area contributed by atoms with E-state index in [0.29, 0.717) is 5.69 Å². The maximum absolute atomic E-state index is 11.4. The zero-order valence-corrected chi connectivity index (χ0v) is 8.29. The van der Waals surface area contributed by atoms with Gasteiger partial charge in [0.15, 0.2) is 0 Å². The van der Waals surface area contributed by atoms with Crippen LogP contribution in [-0.4, -0.2) is 5.78 Å². The van der Waals surface area contributed by atoms with Crippen molar-refractivity contribution in [3.8, 4) is 0 Å². The zero-order valence-electron chi connectivity index (χ0n) is 8.29. The molecule has 0 saturated heterocycles. The number of Topliss-reactive ketones (excluding diaryl/α,β-unsaturated/α-hetero) is 1. The SMILES string of the molecule is CC(=O)C(C)(C)c1ccccc1N. The van der Waals surface area contributed by atoms with Crippen LogP contribution in [-0.2, 0) is 10.2 Å². The summed E-state index contributed by atoms with van der Waals surface area (Å²) < 4.78 is 0. The van der Waals surface area contributed by atoms with E-state index in [2.05, 4.69) is 0 Å². The molecule has 0 amide bonds. The molecular formula is C11H15NO. The molecule has 2 nitrogen and oxygen atoms in total. The number of hydrogen-bond acceptors (Lipinski definition) is 2. The van der Waals surface area contributed by atoms with Crippen LogP contribution in [0.3, 0.4) is 0 Å². The van der Waals surface area contributed by atoms with Crippen LogP contribution in [0, 0.1) is 0 Å². The molecule has 0 heterocycles. The lowest BCUT2D eigenvalue weighted by Gasteiger charge is -2.23. The van der Waals surface area contributed by atoms with Gasteiger partial charge in [0.05, 0.1) is 0 Å². The Morgan fingerprint density at radius 3 is 2.31 bits per heavy atom. The second-order valence-electron chi connectivity index (χ2n) is 3.77. The third-order valence-corrected chi connectivity index (χ3v) is 2.51. The van der Waals surface area contributed by atoms with Crippen LogP contribution < -0.4 is 5.73 Å². The van der Waals surface area contributed by atoms with E-state index in [1.54, 1.807) is 6.92 Å². The number of nitrogens with two attached hydrogens (primary N) is 1. The third kappa shape index (κ3) is 1.72. The molecule has 1 aromatic rings. The molecule has 1 rings (SSSR count). The number of carbonyl (C=O) groups excluding carboxylic acids is 1. The zero-order chi connectivity index (χ0) is 10.1. The lowest BCUT2D eigenvalue weighted by molar-refractivity contribution is -0.121. The van der Waals surface area contributed by atoms with Gasteiger partial charge in [-0.2, -0.15) is 0 Å². The van der Waals surface area contributed by atoms with Crippen LogP contribution >= 0.6 is 0 Å². The number of benzene rings is 1. The topological polar surface area (TPSA) is 43.1 Å². The van der Waals surface area contributed by atoms with Crippen molar-refractivity contribution in [3.05, 3.63) is 29.8 Å². The molecule has 0 bridgehead atoms. The van der Waals surface area contributed by atoms with Crippen LogP contribution in [0.4, 0.5) is 5.69 Å². The quantitative estimate of drug-likeness (QED) is 0.703. The van der Waals surface area contributed by atoms with Gasteiger partial charge in [-0.1, -0.05) is 18.2 Å². The summed E-state index contributed by atoms with van der Waals surface area (Å²) in [7, 11) is 0. The molecule has 2 N–H and O–H groups in total. The van der Waals surface area contributed by atoms with Gasteiger partial charge in [0, 0.05) is 11.1 Å². The number of para-hydroxylation sites is 1. The van der Waals surface area contributed by atoms with Gasteiger partial charge in [-0.3, -0.25) is 4.79 Å². The van der Waals surface area contributed by atoms with Crippen molar-refractivity contribution in [2.45, 2.75) is 26.2 Å². The molecule has 13 heavy (non-hydrogen) atoms. The first-order chi connectivity index (χ1) is 5.96. The standard InChI is InChI=1S/C11H15NO/c1-8(13)11(2,3)9-6-4-5-7-10(9)12/h4-7H,12H2,1-3H3. The van der Waals surface area contributed by atoms with E-state index < -0.39 is 5.41 Å². The highest BCUT2D eigenvalue weighted by Crippen LogP contribution is 2.28. The average molecular weight is 177 g/mol. The second kappa shape index (κ2) is 3.21. The molecule has 0 spiro atoms. The molecule has 0 unspecified atom stereocenters. The Kier molecular flexibility index (Phi) is 2.41. The first-order valence-electron chi connectivity index (χ1n) is 4.32. The Morgan fingerprint density at radius 2 is 1.85 bits per heavy atom. The Hall–Kier alpha value is -1.31. The largest absolute Gasteiger partial charge is 0.398 e. The number of hydrogen-bond donors (Lipinski definition) is 1. The Morgan fingerprint density at radius 1 is 1.31 bits per heavy atom. The first-order valence-corrected chi connectivity index (χ1v) is 4.32. The van der Waals surface area contributed by atoms with Crippen LogP contribution in [0.15, 0.2) is 24.3 Å². The van der Waals surface area contributed by atoms with Crippen LogP contribution in [0.25, 0.3) is 0 Å². The summed E-state index contributed by atoms with van der Waals surface area (Å²) in [5.41, 5.74) is 6.90. The summed E-state index contributed by atoms with van der Waals surface area (Å²) in [5, 5.41) is 0. The summed E-state index contributed by atoms with van der Waals surface area (Å²) in [6.07, 6.45) is 0. The number of nitrogen functional groups attached to an aromatic ring is 1. The summed E-state index contributed by atoms with van der Waals surface area (Å²) in [4.78, 5) is 11.4. The predicted molar refractivity (Wildman–Crippen MR) is 54.6 cm³/mol. The van der Waals surface area contributed by atoms with E-state index >= 15 is 0 Å². The fourth-order valence-electron chi connectivity index (χ4n) is 1.26. The van der Waals surface area contributed by atoms with Crippen molar-refractivity contribution in [3.63, 3.8) is 0 Å². The van der Waals surface area contributed by atoms with Crippen LogP contribution in [0.5, 0.6) is 0 Å². The van der Waals surface area contributed by atoms with Gasteiger partial charge < -0.3 is 5.73 Å². The van der Waals surface area contributed by atoms with E-state index in [9.17, 15) is 4.79 Å². The lowest BCUT2D eigenvalue weighted by atomic mass is 9.80. The van der Waals surface area contributed by atoms with Gasteiger partial charge in [-0.05, 0) is 32.4 Å². The summed E-state index contributed by atoms with van der Waals surface area (Å²) in [5.74, 6) is 0.130. The average Bonchev–Trinajstić information content (AvgIpc) is 2.04. The molecule has 2 heteroatoms. The second-order valence-corrected chi connectivity index (χ2v) is 3.77. The lowest BCUT2D eigenvalue weighted by Crippen LogP contribution is -2.27. The Labute approximate surface area is 78.8 Å². The van der Waals surface area contributed by atoms with Gasteiger partial charge in [0.25, 0.3) is 0 Å². The van der Waals surface area contributed by atoms with Gasteiger partial charge in [0.1, 0.15) is 5.78 Å². The summed E-state index contributed by atoms with van der Waals surface area (Å²) in [6, 6.07) is 7.49. The van der Waals surface area contributed by atoms with Gasteiger partial charge >= 0.3 is 0 Å². The molecule has 0 radical (unpaired) electrons. The maximum atomic E-state index is 11.4. The molecular weight excluding hydrogens is 162 g/mol. The van der Waals surface area contributed by atoms with Gasteiger partial charge in [-0.15, -0.1) is 0 Å². The van der Waals surface area contributed by atoms with E-state index in [4.69, 9.17) is 5.73 Å². The van der Waals surface area contributed by atoms with Crippen molar-refractivity contribution in [2.75, 3.05) is 5.73 Å². The third-order valence-electron chi connectivity index (χ3n) is 2.51. The monoisotopic (exact) mass is 177 g/mol. The fraction of sp³-hybridized carbons (Fsp3) is 0.364. The van der Waals surface area contributed by atoms with Crippen LogP contribution in [0.1, 0.15) is 26.3 Å². The molecule has 0 fully saturated rings. The number of anilines is 1. The van der Waals surface area contributed by atoms with E-state index in [0.717, 1.165) is 5.56 Å². The number of rotatable bonds is 2. The van der Waals surface area contributed by atoms with Crippen molar-refractivity contribution in [2.24, 2.45) is 0 Å². The molecule has 1 aromatic carbocycles.